The summed E-state index contributed by atoms with van der Waals surface area (Å²) in [7, 11) is 1.60. The van der Waals surface area contributed by atoms with Gasteiger partial charge in [-0.05, 0) is 52.5 Å². The van der Waals surface area contributed by atoms with Crippen molar-refractivity contribution in [3.8, 4) is 0 Å². The number of carbonyl (C=O) groups excluding carboxylic acids is 3. The van der Waals surface area contributed by atoms with Gasteiger partial charge in [-0.2, -0.15) is 0 Å². The van der Waals surface area contributed by atoms with E-state index < -0.39 is 17.7 Å². The highest BCUT2D eigenvalue weighted by Crippen LogP contribution is 2.08. The maximum Gasteiger partial charge on any atom is 0.408 e. The average molecular weight is 358 g/mol. The van der Waals surface area contributed by atoms with Crippen LogP contribution in [0.1, 0.15) is 53.4 Å². The Morgan fingerprint density at radius 2 is 1.80 bits per heavy atom. The summed E-state index contributed by atoms with van der Waals surface area (Å²) in [6, 6.07) is -0.690. The second-order valence-corrected chi connectivity index (χ2v) is 7.19. The van der Waals surface area contributed by atoms with E-state index >= 15 is 0 Å². The summed E-state index contributed by atoms with van der Waals surface area (Å²) in [5, 5.41) is 7.99. The van der Waals surface area contributed by atoms with Crippen molar-refractivity contribution in [2.45, 2.75) is 65.0 Å². The Bertz CT molecular complexity index is 435. The van der Waals surface area contributed by atoms with Gasteiger partial charge in [-0.3, -0.25) is 9.59 Å². The Hall–Kier alpha value is -1.83. The highest BCUT2D eigenvalue weighted by atomic mass is 16.6. The van der Waals surface area contributed by atoms with Crippen molar-refractivity contribution < 1.29 is 19.1 Å². The lowest BCUT2D eigenvalue weighted by molar-refractivity contribution is -0.123. The Labute approximate surface area is 150 Å². The number of nitrogens with two attached hydrogens (primary N) is 1. The van der Waals surface area contributed by atoms with Crippen LogP contribution in [0.3, 0.4) is 0 Å². The van der Waals surface area contributed by atoms with Crippen LogP contribution >= 0.6 is 0 Å². The van der Waals surface area contributed by atoms with E-state index in [0.29, 0.717) is 38.8 Å². The molecule has 0 heterocycles. The van der Waals surface area contributed by atoms with Gasteiger partial charge in [0.2, 0.25) is 11.8 Å². The van der Waals surface area contributed by atoms with Crippen molar-refractivity contribution >= 4 is 17.9 Å². The lowest BCUT2D eigenvalue weighted by Crippen LogP contribution is -2.49. The Balaban J connectivity index is 4.47. The zero-order valence-electron chi connectivity index (χ0n) is 16.1. The number of hydrogen-bond acceptors (Lipinski definition) is 5. The fraction of sp³-hybridized carbons (Fsp3) is 0.824. The quantitative estimate of drug-likeness (QED) is 0.462. The number of nitrogens with one attached hydrogen (secondary N) is 3. The monoisotopic (exact) mass is 358 g/mol. The molecule has 0 bridgehead atoms. The van der Waals surface area contributed by atoms with Gasteiger partial charge in [0.1, 0.15) is 11.6 Å². The summed E-state index contributed by atoms with van der Waals surface area (Å²) >= 11 is 0. The lowest BCUT2D eigenvalue weighted by atomic mass is 10.0. The predicted octanol–water partition coefficient (Wildman–Crippen LogP) is 0.897. The summed E-state index contributed by atoms with van der Waals surface area (Å²) in [4.78, 5) is 35.5. The maximum atomic E-state index is 12.3. The molecule has 5 N–H and O–H groups in total. The fourth-order valence-electron chi connectivity index (χ4n) is 2.04. The molecule has 0 aliphatic carbocycles. The molecular weight excluding hydrogens is 324 g/mol. The van der Waals surface area contributed by atoms with Crippen LogP contribution in [-0.2, 0) is 14.3 Å². The summed E-state index contributed by atoms with van der Waals surface area (Å²) in [6.45, 7) is 8.10. The topological polar surface area (TPSA) is 123 Å². The van der Waals surface area contributed by atoms with Crippen LogP contribution in [0.4, 0.5) is 4.79 Å². The molecule has 3 amide bonds. The van der Waals surface area contributed by atoms with E-state index in [2.05, 4.69) is 16.0 Å². The van der Waals surface area contributed by atoms with Crippen LogP contribution in [0.5, 0.6) is 0 Å². The predicted molar refractivity (Wildman–Crippen MR) is 96.9 cm³/mol. The van der Waals surface area contributed by atoms with E-state index in [9.17, 15) is 14.4 Å². The van der Waals surface area contributed by atoms with Crippen molar-refractivity contribution in [1.29, 1.82) is 0 Å². The maximum absolute atomic E-state index is 12.3. The number of hydrogen-bond donors (Lipinski definition) is 4. The molecule has 146 valence electrons. The van der Waals surface area contributed by atoms with Gasteiger partial charge >= 0.3 is 6.09 Å². The largest absolute Gasteiger partial charge is 0.444 e. The summed E-state index contributed by atoms with van der Waals surface area (Å²) in [6.07, 6.45) is 1.51. The minimum Gasteiger partial charge on any atom is -0.444 e. The highest BCUT2D eigenvalue weighted by Gasteiger charge is 2.24. The first kappa shape index (κ1) is 23.2. The van der Waals surface area contributed by atoms with Gasteiger partial charge in [0.15, 0.2) is 0 Å². The molecule has 8 nitrogen and oxygen atoms in total. The minimum atomic E-state index is -0.690. The van der Waals surface area contributed by atoms with Crippen molar-refractivity contribution in [2.75, 3.05) is 20.1 Å². The standard InChI is InChI=1S/C17H34N4O4/c1-12(8-9-14(22)19-5)11-20-15(23)13(7-6-10-18)21-16(24)25-17(2,3)4/h12-13H,6-11,18H2,1-5H3,(H,19,22)(H,20,23)(H,21,24)/t12-,13-/m0/s1. The van der Waals surface area contributed by atoms with E-state index in [-0.39, 0.29) is 17.7 Å². The normalized spacial score (nSPS) is 13.5. The first-order chi connectivity index (χ1) is 11.6. The molecule has 0 aromatic carbocycles. The second kappa shape index (κ2) is 11.7. The number of ether oxygens (including phenoxy) is 1. The van der Waals surface area contributed by atoms with Gasteiger partial charge in [-0.1, -0.05) is 6.92 Å². The summed E-state index contributed by atoms with van der Waals surface area (Å²) in [5.41, 5.74) is 4.87. The minimum absolute atomic E-state index is 0.0226. The summed E-state index contributed by atoms with van der Waals surface area (Å²) in [5.74, 6) is -0.144. The number of rotatable bonds is 10. The first-order valence-corrected chi connectivity index (χ1v) is 8.77. The molecule has 0 spiro atoms. The highest BCUT2D eigenvalue weighted by molar-refractivity contribution is 5.85. The van der Waals surface area contributed by atoms with Crippen molar-refractivity contribution in [1.82, 2.24) is 16.0 Å². The Kier molecular flexibility index (Phi) is 10.8. The van der Waals surface area contributed by atoms with Gasteiger partial charge in [0.05, 0.1) is 0 Å². The molecule has 0 unspecified atom stereocenters. The van der Waals surface area contributed by atoms with E-state index in [1.165, 1.54) is 0 Å². The third-order valence-electron chi connectivity index (χ3n) is 3.47. The zero-order valence-corrected chi connectivity index (χ0v) is 16.1. The Morgan fingerprint density at radius 3 is 2.32 bits per heavy atom. The Morgan fingerprint density at radius 1 is 1.16 bits per heavy atom. The molecule has 0 aromatic rings. The number of amides is 3. The van der Waals surface area contributed by atoms with Crippen molar-refractivity contribution in [3.63, 3.8) is 0 Å². The van der Waals surface area contributed by atoms with Crippen LogP contribution in [0.2, 0.25) is 0 Å². The van der Waals surface area contributed by atoms with Gasteiger partial charge in [0, 0.05) is 20.0 Å². The van der Waals surface area contributed by atoms with Crippen molar-refractivity contribution in [3.05, 3.63) is 0 Å². The third kappa shape index (κ3) is 12.2. The van der Waals surface area contributed by atoms with Gasteiger partial charge in [0.25, 0.3) is 0 Å². The molecular formula is C17H34N4O4. The molecule has 8 heteroatoms. The molecule has 0 saturated heterocycles. The molecule has 0 saturated carbocycles. The fourth-order valence-corrected chi connectivity index (χ4v) is 2.04. The smallest absolute Gasteiger partial charge is 0.408 e. The lowest BCUT2D eigenvalue weighted by Gasteiger charge is -2.23. The van der Waals surface area contributed by atoms with Crippen molar-refractivity contribution in [2.24, 2.45) is 11.7 Å². The SMILES string of the molecule is CNC(=O)CC[C@H](C)CNC(=O)[C@H](CCCN)NC(=O)OC(C)(C)C. The molecule has 0 rings (SSSR count). The van der Waals surface area contributed by atoms with Gasteiger partial charge in [-0.15, -0.1) is 0 Å². The number of carbonyl (C=O) groups is 3. The molecule has 0 radical (unpaired) electrons. The van der Waals surface area contributed by atoms with Crippen LogP contribution in [0, 0.1) is 5.92 Å². The number of alkyl carbamates (subject to hydrolysis) is 1. The second-order valence-electron chi connectivity index (χ2n) is 7.19. The van der Waals surface area contributed by atoms with Crippen LogP contribution < -0.4 is 21.7 Å². The molecule has 0 aliphatic rings. The third-order valence-corrected chi connectivity index (χ3v) is 3.47. The molecule has 25 heavy (non-hydrogen) atoms. The van der Waals surface area contributed by atoms with Gasteiger partial charge < -0.3 is 26.4 Å². The van der Waals surface area contributed by atoms with E-state index in [1.807, 2.05) is 6.92 Å². The molecule has 0 aromatic heterocycles. The molecule has 2 atom stereocenters. The van der Waals surface area contributed by atoms with Gasteiger partial charge in [-0.25, -0.2) is 4.79 Å². The first-order valence-electron chi connectivity index (χ1n) is 8.77. The van der Waals surface area contributed by atoms with Crippen LogP contribution in [0.25, 0.3) is 0 Å². The van der Waals surface area contributed by atoms with Crippen LogP contribution in [-0.4, -0.2) is 49.7 Å². The summed E-state index contributed by atoms with van der Waals surface area (Å²) < 4.78 is 5.20. The van der Waals surface area contributed by atoms with E-state index in [1.54, 1.807) is 27.8 Å². The van der Waals surface area contributed by atoms with E-state index in [4.69, 9.17) is 10.5 Å². The van der Waals surface area contributed by atoms with E-state index in [0.717, 1.165) is 0 Å². The van der Waals surface area contributed by atoms with Crippen LogP contribution in [0.15, 0.2) is 0 Å². The molecule has 0 fully saturated rings. The molecule has 0 aliphatic heterocycles. The zero-order chi connectivity index (χ0) is 19.5. The average Bonchev–Trinajstić information content (AvgIpc) is 2.52.